The van der Waals surface area contributed by atoms with Crippen LogP contribution in [0.15, 0.2) is 99.8 Å². The number of halogens is 1. The maximum atomic E-state index is 13.3. The highest BCUT2D eigenvalue weighted by atomic mass is 35.5. The zero-order valence-electron chi connectivity index (χ0n) is 21.2. The molecule has 0 amide bonds. The molecule has 1 aromatic heterocycles. The molecule has 3 aromatic carbocycles. The van der Waals surface area contributed by atoms with E-state index < -0.39 is 24.8 Å². The van der Waals surface area contributed by atoms with Gasteiger partial charge in [-0.2, -0.15) is 14.7 Å². The second kappa shape index (κ2) is 11.6. The van der Waals surface area contributed by atoms with E-state index in [0.717, 1.165) is 0 Å². The summed E-state index contributed by atoms with van der Waals surface area (Å²) in [6.45, 7) is 4.15. The zero-order chi connectivity index (χ0) is 28.2. The zero-order valence-corrected chi connectivity index (χ0v) is 23.6. The number of sulfonamides is 1. The SMILES string of the molecule is CCN(CC)S(=O)(=O)c1cccc(-c2nn(-c3ccccc3)cc2C=C(C#N)S(=O)(=O)c2ccc(Cl)cc2)c1. The van der Waals surface area contributed by atoms with Crippen LogP contribution in [0.1, 0.15) is 19.4 Å². The Balaban J connectivity index is 1.91. The largest absolute Gasteiger partial charge is 0.243 e. The summed E-state index contributed by atoms with van der Waals surface area (Å²) in [5.41, 5.74) is 1.79. The lowest BCUT2D eigenvalue weighted by atomic mass is 10.1. The fourth-order valence-electron chi connectivity index (χ4n) is 4.00. The van der Waals surface area contributed by atoms with Crippen molar-refractivity contribution in [2.45, 2.75) is 23.6 Å². The number of allylic oxidation sites excluding steroid dienone is 1. The van der Waals surface area contributed by atoms with Gasteiger partial charge in [0, 0.05) is 35.4 Å². The molecule has 0 bridgehead atoms. The van der Waals surface area contributed by atoms with Crippen LogP contribution in [0.3, 0.4) is 0 Å². The monoisotopic (exact) mass is 580 g/mol. The molecule has 4 rings (SSSR count). The van der Waals surface area contributed by atoms with E-state index in [1.807, 2.05) is 30.3 Å². The van der Waals surface area contributed by atoms with E-state index in [1.54, 1.807) is 42.9 Å². The van der Waals surface area contributed by atoms with Crippen LogP contribution in [-0.2, 0) is 19.9 Å². The second-order valence-electron chi connectivity index (χ2n) is 8.41. The molecule has 8 nitrogen and oxygen atoms in total. The van der Waals surface area contributed by atoms with Gasteiger partial charge in [0.2, 0.25) is 19.9 Å². The van der Waals surface area contributed by atoms with Gasteiger partial charge in [-0.3, -0.25) is 0 Å². The Kier molecular flexibility index (Phi) is 8.37. The Morgan fingerprint density at radius 3 is 2.23 bits per heavy atom. The minimum atomic E-state index is -4.17. The number of hydrogen-bond donors (Lipinski definition) is 0. The molecule has 0 aliphatic heterocycles. The minimum Gasteiger partial charge on any atom is -0.240 e. The number of benzene rings is 3. The van der Waals surface area contributed by atoms with E-state index in [2.05, 4.69) is 5.10 Å². The van der Waals surface area contributed by atoms with Crippen molar-refractivity contribution in [2.75, 3.05) is 13.1 Å². The maximum Gasteiger partial charge on any atom is 0.243 e. The highest BCUT2D eigenvalue weighted by Gasteiger charge is 2.25. The van der Waals surface area contributed by atoms with Gasteiger partial charge in [0.25, 0.3) is 0 Å². The predicted molar refractivity (Wildman–Crippen MR) is 151 cm³/mol. The minimum absolute atomic E-state index is 0.0796. The Bertz CT molecular complexity index is 1770. The molecule has 0 fully saturated rings. The van der Waals surface area contributed by atoms with E-state index >= 15 is 0 Å². The topological polar surface area (TPSA) is 113 Å². The molecule has 0 saturated carbocycles. The van der Waals surface area contributed by atoms with Crippen molar-refractivity contribution in [2.24, 2.45) is 0 Å². The van der Waals surface area contributed by atoms with Crippen molar-refractivity contribution in [3.05, 3.63) is 101 Å². The smallest absolute Gasteiger partial charge is 0.240 e. The van der Waals surface area contributed by atoms with Gasteiger partial charge in [-0.1, -0.05) is 55.8 Å². The van der Waals surface area contributed by atoms with Crippen LogP contribution in [0.5, 0.6) is 0 Å². The number of sulfone groups is 1. The molecular formula is C28H25ClN4O4S2. The van der Waals surface area contributed by atoms with Crippen LogP contribution in [-0.4, -0.2) is 44.0 Å². The quantitative estimate of drug-likeness (QED) is 0.239. The molecule has 1 heterocycles. The van der Waals surface area contributed by atoms with Crippen LogP contribution < -0.4 is 0 Å². The van der Waals surface area contributed by atoms with Crippen molar-refractivity contribution < 1.29 is 16.8 Å². The van der Waals surface area contributed by atoms with Crippen molar-refractivity contribution in [1.29, 1.82) is 5.26 Å². The molecule has 0 saturated heterocycles. The molecular weight excluding hydrogens is 556 g/mol. The van der Waals surface area contributed by atoms with Gasteiger partial charge in [0.05, 0.1) is 15.5 Å². The molecule has 0 aliphatic carbocycles. The summed E-state index contributed by atoms with van der Waals surface area (Å²) in [6, 6.07) is 22.8. The summed E-state index contributed by atoms with van der Waals surface area (Å²) in [5, 5.41) is 14.9. The van der Waals surface area contributed by atoms with Crippen LogP contribution >= 0.6 is 11.6 Å². The van der Waals surface area contributed by atoms with Crippen LogP contribution in [0.4, 0.5) is 0 Å². The van der Waals surface area contributed by atoms with Gasteiger partial charge in [-0.15, -0.1) is 0 Å². The van der Waals surface area contributed by atoms with Gasteiger partial charge < -0.3 is 0 Å². The lowest BCUT2D eigenvalue weighted by Crippen LogP contribution is -2.30. The first-order valence-corrected chi connectivity index (χ1v) is 15.3. The summed E-state index contributed by atoms with van der Waals surface area (Å²) in [4.78, 5) is -0.489. The van der Waals surface area contributed by atoms with Crippen molar-refractivity contribution >= 4 is 37.5 Å². The maximum absolute atomic E-state index is 13.3. The summed E-state index contributed by atoms with van der Waals surface area (Å²) < 4.78 is 55.8. The number of para-hydroxylation sites is 1. The Hall–Kier alpha value is -3.75. The normalized spacial score (nSPS) is 12.4. The van der Waals surface area contributed by atoms with Crippen molar-refractivity contribution in [1.82, 2.24) is 14.1 Å². The standard InChI is InChI=1S/C28H25ClN4O4S2/c1-3-32(4-2)39(36,37)26-12-8-9-21(17-26)28-22(20-33(31-28)24-10-6-5-7-11-24)18-27(19-30)38(34,35)25-15-13-23(29)14-16-25/h5-18,20H,3-4H2,1-2H3. The first-order chi connectivity index (χ1) is 18.6. The van der Waals surface area contributed by atoms with Gasteiger partial charge in [-0.25, -0.2) is 21.5 Å². The summed E-state index contributed by atoms with van der Waals surface area (Å²) >= 11 is 5.91. The molecule has 4 aromatic rings. The second-order valence-corrected chi connectivity index (χ2v) is 12.7. The Morgan fingerprint density at radius 1 is 0.949 bits per heavy atom. The van der Waals surface area contributed by atoms with E-state index in [4.69, 9.17) is 11.6 Å². The first kappa shape index (κ1) is 28.3. The lowest BCUT2D eigenvalue weighted by Gasteiger charge is -2.18. The lowest BCUT2D eigenvalue weighted by molar-refractivity contribution is 0.445. The summed E-state index contributed by atoms with van der Waals surface area (Å²) in [5.74, 6) is 0. The third kappa shape index (κ3) is 5.82. The van der Waals surface area contributed by atoms with Gasteiger partial charge in [0.1, 0.15) is 16.7 Å². The molecule has 0 aliphatic rings. The highest BCUT2D eigenvalue weighted by molar-refractivity contribution is 7.95. The number of nitrogens with zero attached hydrogens (tertiary/aromatic N) is 4. The fourth-order valence-corrected chi connectivity index (χ4v) is 6.78. The first-order valence-electron chi connectivity index (χ1n) is 12.0. The van der Waals surface area contributed by atoms with Crippen LogP contribution in [0.25, 0.3) is 23.0 Å². The van der Waals surface area contributed by atoms with E-state index in [-0.39, 0.29) is 9.79 Å². The van der Waals surface area contributed by atoms with Gasteiger partial charge >= 0.3 is 0 Å². The van der Waals surface area contributed by atoms with E-state index in [9.17, 15) is 22.1 Å². The Morgan fingerprint density at radius 2 is 1.62 bits per heavy atom. The number of rotatable bonds is 9. The molecule has 0 spiro atoms. The van der Waals surface area contributed by atoms with Gasteiger partial charge in [0.15, 0.2) is 0 Å². The molecule has 0 atom stereocenters. The molecule has 0 N–H and O–H groups in total. The van der Waals surface area contributed by atoms with Gasteiger partial charge in [-0.05, 0) is 54.6 Å². The fraction of sp³-hybridized carbons (Fsp3) is 0.143. The van der Waals surface area contributed by atoms with E-state index in [1.165, 1.54) is 46.8 Å². The molecule has 0 unspecified atom stereocenters. The third-order valence-corrected chi connectivity index (χ3v) is 10.0. The number of hydrogen-bond acceptors (Lipinski definition) is 6. The average molecular weight is 581 g/mol. The molecule has 0 radical (unpaired) electrons. The van der Waals surface area contributed by atoms with Crippen molar-refractivity contribution in [3.8, 4) is 23.0 Å². The van der Waals surface area contributed by atoms with Crippen molar-refractivity contribution in [3.63, 3.8) is 0 Å². The van der Waals surface area contributed by atoms with Crippen LogP contribution in [0, 0.1) is 11.3 Å². The Labute approximate surface area is 233 Å². The number of aromatic nitrogens is 2. The van der Waals surface area contributed by atoms with E-state index in [0.29, 0.717) is 40.6 Å². The highest BCUT2D eigenvalue weighted by Crippen LogP contribution is 2.30. The summed E-state index contributed by atoms with van der Waals surface area (Å²) in [6.07, 6.45) is 2.85. The predicted octanol–water partition coefficient (Wildman–Crippen LogP) is 5.56. The molecule has 11 heteroatoms. The van der Waals surface area contributed by atoms with Crippen LogP contribution in [0.2, 0.25) is 5.02 Å². The number of nitriles is 1. The summed E-state index contributed by atoms with van der Waals surface area (Å²) in [7, 11) is -7.92. The average Bonchev–Trinajstić information content (AvgIpc) is 3.37. The molecule has 200 valence electrons. The molecule has 39 heavy (non-hydrogen) atoms. The third-order valence-electron chi connectivity index (χ3n) is 6.02.